The maximum absolute atomic E-state index is 4.47. The fraction of sp³-hybridized carbons (Fsp3) is 0.412. The Labute approximate surface area is 120 Å². The number of aromatic nitrogens is 2. The molecule has 1 aromatic carbocycles. The van der Waals surface area contributed by atoms with Crippen molar-refractivity contribution in [1.29, 1.82) is 0 Å². The van der Waals surface area contributed by atoms with Crippen molar-refractivity contribution in [3.63, 3.8) is 0 Å². The number of hydrogen-bond acceptors (Lipinski definition) is 3. The minimum Gasteiger partial charge on any atom is -0.302 e. The van der Waals surface area contributed by atoms with E-state index in [-0.39, 0.29) is 0 Å². The second kappa shape index (κ2) is 6.62. The Kier molecular flexibility index (Phi) is 4.38. The maximum atomic E-state index is 4.47. The summed E-state index contributed by atoms with van der Waals surface area (Å²) in [5, 5.41) is 0. The molecule has 1 aliphatic heterocycles. The summed E-state index contributed by atoms with van der Waals surface area (Å²) in [7, 11) is 0. The summed E-state index contributed by atoms with van der Waals surface area (Å²) in [6, 6.07) is 10.7. The predicted molar refractivity (Wildman–Crippen MR) is 80.6 cm³/mol. The van der Waals surface area contributed by atoms with E-state index in [1.54, 1.807) is 12.4 Å². The standard InChI is InChI=1S/C17H21N3/c1-2-5-15(6-3-1)8-12-20-11-4-7-16(14-20)17-13-18-9-10-19-17/h1-3,5-6,9-10,13,16H,4,7-8,11-12,14H2. The molecule has 1 saturated heterocycles. The fourth-order valence-electron chi connectivity index (χ4n) is 2.95. The summed E-state index contributed by atoms with van der Waals surface area (Å²) in [6.07, 6.45) is 9.10. The maximum Gasteiger partial charge on any atom is 0.0630 e. The van der Waals surface area contributed by atoms with Crippen LogP contribution in [-0.4, -0.2) is 34.5 Å². The van der Waals surface area contributed by atoms with Crippen LogP contribution in [0.15, 0.2) is 48.9 Å². The van der Waals surface area contributed by atoms with E-state index in [1.807, 2.05) is 6.20 Å². The van der Waals surface area contributed by atoms with Crippen molar-refractivity contribution in [2.24, 2.45) is 0 Å². The first-order valence-electron chi connectivity index (χ1n) is 7.44. The third-order valence-electron chi connectivity index (χ3n) is 4.07. The van der Waals surface area contributed by atoms with Crippen LogP contribution < -0.4 is 0 Å². The Morgan fingerprint density at radius 1 is 1.15 bits per heavy atom. The molecule has 3 rings (SSSR count). The first kappa shape index (κ1) is 13.3. The van der Waals surface area contributed by atoms with Gasteiger partial charge in [-0.05, 0) is 31.4 Å². The summed E-state index contributed by atoms with van der Waals surface area (Å²) < 4.78 is 0. The second-order valence-corrected chi connectivity index (χ2v) is 5.51. The number of likely N-dealkylation sites (tertiary alicyclic amines) is 1. The summed E-state index contributed by atoms with van der Waals surface area (Å²) >= 11 is 0. The van der Waals surface area contributed by atoms with Gasteiger partial charge in [-0.1, -0.05) is 30.3 Å². The van der Waals surface area contributed by atoms with Crippen LogP contribution in [0.1, 0.15) is 30.0 Å². The van der Waals surface area contributed by atoms with Crippen LogP contribution in [0.2, 0.25) is 0 Å². The molecule has 0 radical (unpaired) electrons. The summed E-state index contributed by atoms with van der Waals surface area (Å²) in [4.78, 5) is 11.2. The molecule has 0 bridgehead atoms. The van der Waals surface area contributed by atoms with Crippen LogP contribution in [-0.2, 0) is 6.42 Å². The molecule has 0 N–H and O–H groups in total. The van der Waals surface area contributed by atoms with Crippen molar-refractivity contribution in [1.82, 2.24) is 14.9 Å². The SMILES string of the molecule is c1ccc(CCN2CCCC(c3cnccn3)C2)cc1. The number of nitrogens with zero attached hydrogens (tertiary/aromatic N) is 3. The van der Waals surface area contributed by atoms with Crippen molar-refractivity contribution < 1.29 is 0 Å². The molecule has 0 saturated carbocycles. The Morgan fingerprint density at radius 2 is 2.05 bits per heavy atom. The lowest BCUT2D eigenvalue weighted by Crippen LogP contribution is -2.36. The lowest BCUT2D eigenvalue weighted by atomic mass is 9.95. The van der Waals surface area contributed by atoms with Crippen molar-refractivity contribution in [3.05, 3.63) is 60.2 Å². The van der Waals surface area contributed by atoms with E-state index in [1.165, 1.54) is 24.9 Å². The Morgan fingerprint density at radius 3 is 2.85 bits per heavy atom. The summed E-state index contributed by atoms with van der Waals surface area (Å²) in [5.74, 6) is 0.549. The average Bonchev–Trinajstić information content (AvgIpc) is 2.55. The van der Waals surface area contributed by atoms with Gasteiger partial charge in [-0.25, -0.2) is 0 Å². The highest BCUT2D eigenvalue weighted by Gasteiger charge is 2.21. The van der Waals surface area contributed by atoms with E-state index in [9.17, 15) is 0 Å². The molecule has 1 aliphatic rings. The molecule has 2 heterocycles. The zero-order valence-corrected chi connectivity index (χ0v) is 11.8. The molecule has 104 valence electrons. The Hall–Kier alpha value is -1.74. The van der Waals surface area contributed by atoms with Gasteiger partial charge >= 0.3 is 0 Å². The van der Waals surface area contributed by atoms with Gasteiger partial charge in [-0.15, -0.1) is 0 Å². The van der Waals surface area contributed by atoms with Crippen molar-refractivity contribution >= 4 is 0 Å². The first-order valence-corrected chi connectivity index (χ1v) is 7.44. The molecule has 3 nitrogen and oxygen atoms in total. The second-order valence-electron chi connectivity index (χ2n) is 5.51. The minimum absolute atomic E-state index is 0.549. The Balaban J connectivity index is 1.56. The molecule has 1 fully saturated rings. The number of rotatable bonds is 4. The number of hydrogen-bond donors (Lipinski definition) is 0. The zero-order valence-electron chi connectivity index (χ0n) is 11.8. The normalized spacial score (nSPS) is 19.9. The van der Waals surface area contributed by atoms with Crippen LogP contribution in [0.25, 0.3) is 0 Å². The molecule has 0 spiro atoms. The van der Waals surface area contributed by atoms with Gasteiger partial charge < -0.3 is 4.90 Å². The van der Waals surface area contributed by atoms with Gasteiger partial charge in [0.1, 0.15) is 0 Å². The molecule has 2 aromatic rings. The quantitative estimate of drug-likeness (QED) is 0.853. The lowest BCUT2D eigenvalue weighted by Gasteiger charge is -2.32. The predicted octanol–water partition coefficient (Wildman–Crippen LogP) is 2.90. The third kappa shape index (κ3) is 3.42. The fourth-order valence-corrected chi connectivity index (χ4v) is 2.95. The average molecular weight is 267 g/mol. The Bertz CT molecular complexity index is 512. The van der Waals surface area contributed by atoms with Gasteiger partial charge in [-0.3, -0.25) is 9.97 Å². The van der Waals surface area contributed by atoms with Gasteiger partial charge in [0.25, 0.3) is 0 Å². The third-order valence-corrected chi connectivity index (χ3v) is 4.07. The van der Waals surface area contributed by atoms with Crippen LogP contribution in [0.5, 0.6) is 0 Å². The van der Waals surface area contributed by atoms with E-state index in [0.29, 0.717) is 5.92 Å². The van der Waals surface area contributed by atoms with Crippen LogP contribution in [0.4, 0.5) is 0 Å². The van der Waals surface area contributed by atoms with Crippen molar-refractivity contribution in [2.75, 3.05) is 19.6 Å². The number of benzene rings is 1. The van der Waals surface area contributed by atoms with E-state index >= 15 is 0 Å². The minimum atomic E-state index is 0.549. The van der Waals surface area contributed by atoms with Gasteiger partial charge in [0.2, 0.25) is 0 Å². The molecule has 1 atom stereocenters. The van der Waals surface area contributed by atoms with E-state index in [0.717, 1.165) is 25.2 Å². The molecule has 3 heteroatoms. The molecular weight excluding hydrogens is 246 g/mol. The summed E-state index contributed by atoms with van der Waals surface area (Å²) in [5.41, 5.74) is 2.58. The molecule has 20 heavy (non-hydrogen) atoms. The summed E-state index contributed by atoms with van der Waals surface area (Å²) in [6.45, 7) is 3.47. The lowest BCUT2D eigenvalue weighted by molar-refractivity contribution is 0.208. The first-order chi connectivity index (χ1) is 9.92. The molecule has 1 unspecified atom stereocenters. The van der Waals surface area contributed by atoms with Gasteiger partial charge in [0, 0.05) is 37.6 Å². The highest BCUT2D eigenvalue weighted by Crippen LogP contribution is 2.24. The van der Waals surface area contributed by atoms with Crippen molar-refractivity contribution in [2.45, 2.75) is 25.2 Å². The van der Waals surface area contributed by atoms with Gasteiger partial charge in [0.05, 0.1) is 5.69 Å². The largest absolute Gasteiger partial charge is 0.302 e. The van der Waals surface area contributed by atoms with Crippen LogP contribution in [0, 0.1) is 0 Å². The van der Waals surface area contributed by atoms with Gasteiger partial charge in [0.15, 0.2) is 0 Å². The highest BCUT2D eigenvalue weighted by molar-refractivity contribution is 5.15. The highest BCUT2D eigenvalue weighted by atomic mass is 15.1. The molecule has 0 amide bonds. The number of piperidine rings is 1. The van der Waals surface area contributed by atoms with E-state index < -0.39 is 0 Å². The molecule has 0 aliphatic carbocycles. The van der Waals surface area contributed by atoms with E-state index in [2.05, 4.69) is 45.2 Å². The van der Waals surface area contributed by atoms with Crippen molar-refractivity contribution in [3.8, 4) is 0 Å². The van der Waals surface area contributed by atoms with Crippen LogP contribution >= 0.6 is 0 Å². The van der Waals surface area contributed by atoms with Gasteiger partial charge in [-0.2, -0.15) is 0 Å². The van der Waals surface area contributed by atoms with Crippen LogP contribution in [0.3, 0.4) is 0 Å². The topological polar surface area (TPSA) is 29.0 Å². The molecular formula is C17H21N3. The van der Waals surface area contributed by atoms with E-state index in [4.69, 9.17) is 0 Å². The molecule has 1 aromatic heterocycles. The smallest absolute Gasteiger partial charge is 0.0630 e. The monoisotopic (exact) mass is 267 g/mol. The zero-order chi connectivity index (χ0) is 13.6.